The van der Waals surface area contributed by atoms with E-state index in [0.717, 1.165) is 21.9 Å². The monoisotopic (exact) mass is 472 g/mol. The van der Waals surface area contributed by atoms with Gasteiger partial charge in [-0.15, -0.1) is 10.2 Å². The first-order valence-electron chi connectivity index (χ1n) is 10.6. The zero-order valence-corrected chi connectivity index (χ0v) is 19.4. The molecule has 6 rings (SSSR count). The summed E-state index contributed by atoms with van der Waals surface area (Å²) in [6.07, 6.45) is 0.323. The summed E-state index contributed by atoms with van der Waals surface area (Å²) in [6, 6.07) is 23.8. The third kappa shape index (κ3) is 3.20. The summed E-state index contributed by atoms with van der Waals surface area (Å²) in [4.78, 5) is 18.9. The first-order chi connectivity index (χ1) is 16.0. The fourth-order valence-corrected chi connectivity index (χ4v) is 6.64. The van der Waals surface area contributed by atoms with Gasteiger partial charge in [0.1, 0.15) is 10.8 Å². The van der Waals surface area contributed by atoms with Gasteiger partial charge in [-0.1, -0.05) is 65.6 Å². The molecule has 2 aliphatic rings. The number of aromatic nitrogens is 2. The van der Waals surface area contributed by atoms with E-state index in [2.05, 4.69) is 51.5 Å². The third-order valence-electron chi connectivity index (χ3n) is 6.20. The number of para-hydroxylation sites is 3. The molecule has 4 aromatic rings. The third-order valence-corrected chi connectivity index (χ3v) is 8.22. The van der Waals surface area contributed by atoms with E-state index >= 15 is 0 Å². The van der Waals surface area contributed by atoms with Crippen LogP contribution in [-0.4, -0.2) is 21.2 Å². The number of phenolic OH excluding ortho intramolecular Hbond substituents is 1. The molecule has 2 aliphatic heterocycles. The summed E-state index contributed by atoms with van der Waals surface area (Å²) < 4.78 is 0. The molecule has 8 heteroatoms. The second-order valence-electron chi connectivity index (χ2n) is 8.30. The molecule has 1 aromatic heterocycles. The molecule has 1 amide bonds. The van der Waals surface area contributed by atoms with Gasteiger partial charge in [0.15, 0.2) is 0 Å². The molecular formula is C25H20N4O2S2. The number of β-lactam (4-membered cyclic amide) rings is 1. The molecule has 1 unspecified atom stereocenters. The quantitative estimate of drug-likeness (QED) is 0.384. The van der Waals surface area contributed by atoms with Crippen LogP contribution in [-0.2, 0) is 16.9 Å². The van der Waals surface area contributed by atoms with E-state index in [1.54, 1.807) is 28.8 Å². The van der Waals surface area contributed by atoms with Crippen LogP contribution in [0.5, 0.6) is 5.75 Å². The molecule has 33 heavy (non-hydrogen) atoms. The zero-order chi connectivity index (χ0) is 22.6. The van der Waals surface area contributed by atoms with Crippen LogP contribution in [0.2, 0.25) is 0 Å². The van der Waals surface area contributed by atoms with Gasteiger partial charge in [-0.3, -0.25) is 9.69 Å². The van der Waals surface area contributed by atoms with Crippen molar-refractivity contribution in [3.8, 4) is 5.75 Å². The van der Waals surface area contributed by atoms with Crippen molar-refractivity contribution in [1.29, 1.82) is 0 Å². The summed E-state index contributed by atoms with van der Waals surface area (Å²) in [7, 11) is 0. The molecule has 164 valence electrons. The van der Waals surface area contributed by atoms with Gasteiger partial charge in [0.05, 0.1) is 29.9 Å². The Kier molecular flexibility index (Phi) is 4.67. The van der Waals surface area contributed by atoms with E-state index in [0.29, 0.717) is 18.1 Å². The summed E-state index contributed by atoms with van der Waals surface area (Å²) in [5.74, 6) is 0.162. The van der Waals surface area contributed by atoms with Gasteiger partial charge in [0, 0.05) is 15.4 Å². The lowest BCUT2D eigenvalue weighted by Gasteiger charge is -2.48. The molecule has 6 nitrogen and oxygen atoms in total. The molecule has 1 atom stereocenters. The van der Waals surface area contributed by atoms with Crippen molar-refractivity contribution < 1.29 is 9.90 Å². The minimum absolute atomic E-state index is 0.0199. The molecule has 3 heterocycles. The Bertz CT molecular complexity index is 1340. The second kappa shape index (κ2) is 7.60. The van der Waals surface area contributed by atoms with Gasteiger partial charge in [0.25, 0.3) is 0 Å². The molecule has 1 fully saturated rings. The first-order valence-corrected chi connectivity index (χ1v) is 12.3. The van der Waals surface area contributed by atoms with Crippen molar-refractivity contribution in [2.75, 3.05) is 9.80 Å². The number of nitrogens with zero attached hydrogens (tertiary/aromatic N) is 4. The predicted octanol–water partition coefficient (Wildman–Crippen LogP) is 5.70. The smallest absolute Gasteiger partial charge is 0.232 e. The Hall–Kier alpha value is -3.36. The van der Waals surface area contributed by atoms with Crippen molar-refractivity contribution in [2.24, 2.45) is 0 Å². The summed E-state index contributed by atoms with van der Waals surface area (Å²) in [5, 5.41) is 20.6. The maximum atomic E-state index is 12.6. The minimum atomic E-state index is -0.639. The Morgan fingerprint density at radius 3 is 2.24 bits per heavy atom. The lowest BCUT2D eigenvalue weighted by atomic mass is 9.79. The zero-order valence-electron chi connectivity index (χ0n) is 17.8. The van der Waals surface area contributed by atoms with Gasteiger partial charge in [-0.05, 0) is 37.3 Å². The van der Waals surface area contributed by atoms with E-state index in [9.17, 15) is 9.90 Å². The lowest BCUT2D eigenvalue weighted by molar-refractivity contribution is -0.127. The van der Waals surface area contributed by atoms with Crippen LogP contribution in [0.25, 0.3) is 0 Å². The molecule has 1 N–H and O–H groups in total. The van der Waals surface area contributed by atoms with E-state index in [-0.39, 0.29) is 11.7 Å². The molecule has 1 saturated heterocycles. The standard InChI is InChI=1S/C25H20N4O2S2/c1-25(16-8-2-5-11-19(16)30)14-23(31)29(25)24-27-26-22(33-24)15-28-17-9-3-6-12-20(17)32-21-13-7-4-10-18(21)28/h2-13,30H,14-15H2,1H3. The number of aromatic hydroxyl groups is 1. The number of hydrogen-bond donors (Lipinski definition) is 1. The highest BCUT2D eigenvalue weighted by atomic mass is 32.2. The number of benzene rings is 3. The lowest BCUT2D eigenvalue weighted by Crippen LogP contribution is -2.60. The first kappa shape index (κ1) is 20.3. The van der Waals surface area contributed by atoms with Crippen molar-refractivity contribution in [3.05, 3.63) is 83.4 Å². The fraction of sp³-hybridized carbons (Fsp3) is 0.160. The fourth-order valence-electron chi connectivity index (χ4n) is 4.58. The maximum absolute atomic E-state index is 12.6. The van der Waals surface area contributed by atoms with E-state index in [1.165, 1.54) is 21.1 Å². The Balaban J connectivity index is 1.33. The molecule has 0 radical (unpaired) electrons. The second-order valence-corrected chi connectivity index (χ2v) is 10.4. The van der Waals surface area contributed by atoms with E-state index in [4.69, 9.17) is 0 Å². The highest BCUT2D eigenvalue weighted by Crippen LogP contribution is 2.50. The van der Waals surface area contributed by atoms with Crippen molar-refractivity contribution in [2.45, 2.75) is 35.2 Å². The van der Waals surface area contributed by atoms with Crippen molar-refractivity contribution in [1.82, 2.24) is 10.2 Å². The van der Waals surface area contributed by atoms with Gasteiger partial charge >= 0.3 is 0 Å². The number of anilines is 3. The van der Waals surface area contributed by atoms with Crippen LogP contribution >= 0.6 is 23.1 Å². The van der Waals surface area contributed by atoms with Crippen LogP contribution in [0, 0.1) is 0 Å². The number of fused-ring (bicyclic) bond motifs is 2. The SMILES string of the molecule is CC1(c2ccccc2O)CC(=O)N1c1nnc(CN2c3ccccc3Sc3ccccc32)s1. The van der Waals surface area contributed by atoms with Gasteiger partial charge in [-0.2, -0.15) is 0 Å². The van der Waals surface area contributed by atoms with Crippen LogP contribution < -0.4 is 9.80 Å². The average Bonchev–Trinajstić information content (AvgIpc) is 3.26. The van der Waals surface area contributed by atoms with Gasteiger partial charge in [-0.25, -0.2) is 0 Å². The summed E-state index contributed by atoms with van der Waals surface area (Å²) in [5.41, 5.74) is 2.35. The molecule has 0 spiro atoms. The summed E-state index contributed by atoms with van der Waals surface area (Å²) >= 11 is 3.19. The number of amides is 1. The highest BCUT2D eigenvalue weighted by Gasteiger charge is 2.52. The number of rotatable bonds is 4. The number of hydrogen-bond acceptors (Lipinski definition) is 7. The number of carbonyl (C=O) groups is 1. The molecular weight excluding hydrogens is 452 g/mol. The van der Waals surface area contributed by atoms with Gasteiger partial charge in [0.2, 0.25) is 11.0 Å². The number of carbonyl (C=O) groups excluding carboxylic acids is 1. The predicted molar refractivity (Wildman–Crippen MR) is 130 cm³/mol. The Morgan fingerprint density at radius 2 is 1.58 bits per heavy atom. The van der Waals surface area contributed by atoms with Crippen LogP contribution in [0.15, 0.2) is 82.6 Å². The number of phenols is 1. The van der Waals surface area contributed by atoms with E-state index < -0.39 is 5.54 Å². The molecule has 0 aliphatic carbocycles. The van der Waals surface area contributed by atoms with Crippen molar-refractivity contribution >= 4 is 45.5 Å². The summed E-state index contributed by atoms with van der Waals surface area (Å²) in [6.45, 7) is 2.51. The van der Waals surface area contributed by atoms with Crippen molar-refractivity contribution in [3.63, 3.8) is 0 Å². The molecule has 3 aromatic carbocycles. The highest BCUT2D eigenvalue weighted by molar-refractivity contribution is 7.99. The largest absolute Gasteiger partial charge is 0.508 e. The van der Waals surface area contributed by atoms with Crippen LogP contribution in [0.4, 0.5) is 16.5 Å². The van der Waals surface area contributed by atoms with E-state index in [1.807, 2.05) is 31.2 Å². The average molecular weight is 473 g/mol. The topological polar surface area (TPSA) is 69.6 Å². The Morgan fingerprint density at radius 1 is 0.939 bits per heavy atom. The van der Waals surface area contributed by atoms with Gasteiger partial charge < -0.3 is 10.0 Å². The maximum Gasteiger partial charge on any atom is 0.232 e. The molecule has 0 saturated carbocycles. The van der Waals surface area contributed by atoms with Crippen LogP contribution in [0.3, 0.4) is 0 Å². The minimum Gasteiger partial charge on any atom is -0.508 e. The Labute approximate surface area is 199 Å². The molecule has 0 bridgehead atoms. The normalized spacial score (nSPS) is 19.1. The van der Waals surface area contributed by atoms with Crippen LogP contribution in [0.1, 0.15) is 23.9 Å².